The fraction of sp³-hybridized carbons (Fsp3) is 0.158. The van der Waals surface area contributed by atoms with Crippen LogP contribution in [0.25, 0.3) is 5.70 Å². The van der Waals surface area contributed by atoms with Crippen molar-refractivity contribution in [3.63, 3.8) is 0 Å². The zero-order valence-electron chi connectivity index (χ0n) is 13.9. The number of amides is 2. The summed E-state index contributed by atoms with van der Waals surface area (Å²) < 4.78 is 1.10. The third-order valence-electron chi connectivity index (χ3n) is 3.42. The van der Waals surface area contributed by atoms with Crippen LogP contribution in [0, 0.1) is 3.57 Å². The number of nitrogens with one attached hydrogen (secondary N) is 3. The number of anilines is 1. The Hall–Kier alpha value is -2.35. The van der Waals surface area contributed by atoms with E-state index in [0.717, 1.165) is 20.5 Å². The Labute approximate surface area is 161 Å². The standard InChI is InChI=1S/C19H20IN3O2/c1-2-17(14-6-4-3-5-7-14)22-23-19(25)13-12-18(24)21-16-10-8-15(20)9-11-16/h2-11,22H,12-13H2,1H3,(H,21,24)(H,23,25)/b17-2+. The van der Waals surface area contributed by atoms with Crippen molar-refractivity contribution in [2.24, 2.45) is 0 Å². The molecule has 5 nitrogen and oxygen atoms in total. The molecule has 0 fully saturated rings. The lowest BCUT2D eigenvalue weighted by Gasteiger charge is -2.12. The Balaban J connectivity index is 1.74. The van der Waals surface area contributed by atoms with E-state index in [1.165, 1.54) is 0 Å². The van der Waals surface area contributed by atoms with Gasteiger partial charge in [0.25, 0.3) is 0 Å². The number of carbonyl (C=O) groups is 2. The second kappa shape index (κ2) is 9.83. The molecular weight excluding hydrogens is 429 g/mol. The van der Waals surface area contributed by atoms with E-state index in [2.05, 4.69) is 38.8 Å². The highest BCUT2D eigenvalue weighted by Gasteiger charge is 2.08. The van der Waals surface area contributed by atoms with E-state index in [1.807, 2.05) is 67.6 Å². The van der Waals surface area contributed by atoms with Gasteiger partial charge in [0.05, 0.1) is 5.70 Å². The number of hydrogen-bond acceptors (Lipinski definition) is 3. The summed E-state index contributed by atoms with van der Waals surface area (Å²) in [4.78, 5) is 23.8. The molecule has 3 N–H and O–H groups in total. The van der Waals surface area contributed by atoms with Crippen molar-refractivity contribution >= 4 is 45.8 Å². The first kappa shape index (κ1) is 19.0. The summed E-state index contributed by atoms with van der Waals surface area (Å²) in [6.07, 6.45) is 2.10. The largest absolute Gasteiger partial charge is 0.326 e. The van der Waals surface area contributed by atoms with Gasteiger partial charge in [0, 0.05) is 22.1 Å². The molecule has 2 aromatic rings. The second-order valence-corrected chi connectivity index (χ2v) is 6.54. The van der Waals surface area contributed by atoms with Gasteiger partial charge in [0.15, 0.2) is 0 Å². The molecule has 0 atom stereocenters. The first-order valence-electron chi connectivity index (χ1n) is 7.90. The molecule has 0 unspecified atom stereocenters. The zero-order chi connectivity index (χ0) is 18.1. The van der Waals surface area contributed by atoms with Gasteiger partial charge in [-0.05, 0) is 59.3 Å². The van der Waals surface area contributed by atoms with Gasteiger partial charge in [0.2, 0.25) is 11.8 Å². The molecule has 130 valence electrons. The van der Waals surface area contributed by atoms with Crippen LogP contribution in [0.4, 0.5) is 5.69 Å². The lowest BCUT2D eigenvalue weighted by molar-refractivity contribution is -0.124. The normalized spacial score (nSPS) is 10.9. The average Bonchev–Trinajstić information content (AvgIpc) is 2.63. The molecule has 0 saturated heterocycles. The van der Waals surface area contributed by atoms with E-state index in [-0.39, 0.29) is 24.7 Å². The van der Waals surface area contributed by atoms with Gasteiger partial charge >= 0.3 is 0 Å². The SMILES string of the molecule is C/C=C(/NNC(=O)CCC(=O)Nc1ccc(I)cc1)c1ccccc1. The van der Waals surface area contributed by atoms with Gasteiger partial charge in [0.1, 0.15) is 0 Å². The van der Waals surface area contributed by atoms with Gasteiger partial charge in [-0.2, -0.15) is 0 Å². The molecule has 0 aliphatic heterocycles. The predicted molar refractivity (Wildman–Crippen MR) is 108 cm³/mol. The highest BCUT2D eigenvalue weighted by Crippen LogP contribution is 2.12. The number of allylic oxidation sites excluding steroid dienone is 1. The molecule has 0 saturated carbocycles. The molecule has 0 spiro atoms. The van der Waals surface area contributed by atoms with E-state index in [9.17, 15) is 9.59 Å². The number of halogens is 1. The molecule has 0 aromatic heterocycles. The Kier molecular flexibility index (Phi) is 7.46. The zero-order valence-corrected chi connectivity index (χ0v) is 16.0. The van der Waals surface area contributed by atoms with E-state index in [0.29, 0.717) is 0 Å². The monoisotopic (exact) mass is 449 g/mol. The molecule has 0 aliphatic carbocycles. The van der Waals surface area contributed by atoms with Crippen LogP contribution in [-0.4, -0.2) is 11.8 Å². The van der Waals surface area contributed by atoms with Crippen LogP contribution >= 0.6 is 22.6 Å². The second-order valence-electron chi connectivity index (χ2n) is 5.30. The summed E-state index contributed by atoms with van der Waals surface area (Å²) in [6, 6.07) is 17.2. The van der Waals surface area contributed by atoms with Crippen LogP contribution in [0.5, 0.6) is 0 Å². The van der Waals surface area contributed by atoms with Crippen LogP contribution in [0.2, 0.25) is 0 Å². The molecule has 0 bridgehead atoms. The molecule has 0 radical (unpaired) electrons. The molecule has 2 aromatic carbocycles. The molecule has 0 aliphatic rings. The highest BCUT2D eigenvalue weighted by molar-refractivity contribution is 14.1. The minimum atomic E-state index is -0.243. The smallest absolute Gasteiger partial charge is 0.238 e. The van der Waals surface area contributed by atoms with Crippen molar-refractivity contribution < 1.29 is 9.59 Å². The Bertz CT molecular complexity index is 743. The quantitative estimate of drug-likeness (QED) is 0.446. The third-order valence-corrected chi connectivity index (χ3v) is 4.14. The summed E-state index contributed by atoms with van der Waals surface area (Å²) >= 11 is 2.20. The van der Waals surface area contributed by atoms with Crippen molar-refractivity contribution in [1.29, 1.82) is 0 Å². The molecular formula is C19H20IN3O2. The number of hydrazine groups is 1. The number of hydrogen-bond donors (Lipinski definition) is 3. The van der Waals surface area contributed by atoms with Crippen LogP contribution in [-0.2, 0) is 9.59 Å². The minimum absolute atomic E-state index is 0.106. The predicted octanol–water partition coefficient (Wildman–Crippen LogP) is 3.69. The topological polar surface area (TPSA) is 70.2 Å². The van der Waals surface area contributed by atoms with Crippen LogP contribution < -0.4 is 16.2 Å². The minimum Gasteiger partial charge on any atom is -0.326 e. The van der Waals surface area contributed by atoms with Crippen molar-refractivity contribution in [2.45, 2.75) is 19.8 Å². The summed E-state index contributed by atoms with van der Waals surface area (Å²) in [5.41, 5.74) is 8.02. The maximum Gasteiger partial charge on any atom is 0.238 e. The fourth-order valence-electron chi connectivity index (χ4n) is 2.11. The first-order chi connectivity index (χ1) is 12.1. The molecule has 2 amide bonds. The van der Waals surface area contributed by atoms with E-state index < -0.39 is 0 Å². The molecule has 25 heavy (non-hydrogen) atoms. The van der Waals surface area contributed by atoms with E-state index in [1.54, 1.807) is 0 Å². The number of benzene rings is 2. The van der Waals surface area contributed by atoms with E-state index in [4.69, 9.17) is 0 Å². The van der Waals surface area contributed by atoms with Gasteiger partial charge in [-0.1, -0.05) is 36.4 Å². The van der Waals surface area contributed by atoms with E-state index >= 15 is 0 Å². The van der Waals surface area contributed by atoms with Gasteiger partial charge in [-0.15, -0.1) is 0 Å². The maximum atomic E-state index is 11.9. The van der Waals surface area contributed by atoms with Gasteiger partial charge in [-0.3, -0.25) is 20.4 Å². The fourth-order valence-corrected chi connectivity index (χ4v) is 2.47. The summed E-state index contributed by atoms with van der Waals surface area (Å²) in [5, 5.41) is 2.77. The van der Waals surface area contributed by atoms with Crippen LogP contribution in [0.3, 0.4) is 0 Å². The maximum absolute atomic E-state index is 11.9. The van der Waals surface area contributed by atoms with Gasteiger partial charge in [-0.25, -0.2) is 0 Å². The average molecular weight is 449 g/mol. The number of rotatable bonds is 7. The van der Waals surface area contributed by atoms with Crippen LogP contribution in [0.15, 0.2) is 60.7 Å². The summed E-state index contributed by atoms with van der Waals surface area (Å²) in [5.74, 6) is -0.432. The van der Waals surface area contributed by atoms with Crippen molar-refractivity contribution in [2.75, 3.05) is 5.32 Å². The molecule has 2 rings (SSSR count). The molecule has 0 heterocycles. The van der Waals surface area contributed by atoms with Gasteiger partial charge < -0.3 is 5.32 Å². The molecule has 6 heteroatoms. The third kappa shape index (κ3) is 6.58. The Morgan fingerprint density at radius 3 is 2.20 bits per heavy atom. The highest BCUT2D eigenvalue weighted by atomic mass is 127. The Morgan fingerprint density at radius 1 is 0.920 bits per heavy atom. The lowest BCUT2D eigenvalue weighted by atomic mass is 10.1. The van der Waals surface area contributed by atoms with Crippen molar-refractivity contribution in [1.82, 2.24) is 10.9 Å². The summed E-state index contributed by atoms with van der Waals surface area (Å²) in [6.45, 7) is 1.88. The lowest BCUT2D eigenvalue weighted by Crippen LogP contribution is -2.36. The van der Waals surface area contributed by atoms with Crippen molar-refractivity contribution in [3.05, 3.63) is 69.8 Å². The number of carbonyl (C=O) groups excluding carboxylic acids is 2. The van der Waals surface area contributed by atoms with Crippen molar-refractivity contribution in [3.8, 4) is 0 Å². The van der Waals surface area contributed by atoms with Crippen LogP contribution in [0.1, 0.15) is 25.3 Å². The Morgan fingerprint density at radius 2 is 1.56 bits per heavy atom. The first-order valence-corrected chi connectivity index (χ1v) is 8.98. The summed E-state index contributed by atoms with van der Waals surface area (Å²) in [7, 11) is 0.